The third-order valence-electron chi connectivity index (χ3n) is 4.45. The summed E-state index contributed by atoms with van der Waals surface area (Å²) >= 11 is 0. The molecule has 10 nitrogen and oxygen atoms in total. The average Bonchev–Trinajstić information content (AvgIpc) is 3.28. The lowest BCUT2D eigenvalue weighted by Gasteiger charge is -2.08. The minimum atomic E-state index is -0.778. The van der Waals surface area contributed by atoms with E-state index in [1.54, 1.807) is 5.43 Å². The molecule has 0 saturated carbocycles. The molecule has 3 amide bonds. The molecule has 176 valence electrons. The molecule has 0 aromatic carbocycles. The Morgan fingerprint density at radius 2 is 1.55 bits per heavy atom. The molecule has 0 aliphatic carbocycles. The van der Waals surface area contributed by atoms with Crippen molar-refractivity contribution >= 4 is 51.1 Å². The number of unbranched alkanes of at least 4 members (excludes halogenated alkanes) is 1. The Hall–Kier alpha value is -1.79. The van der Waals surface area contributed by atoms with E-state index in [1.165, 1.54) is 12.2 Å². The summed E-state index contributed by atoms with van der Waals surface area (Å²) in [5.74, 6) is 5.04. The molecule has 0 radical (unpaired) electrons. The zero-order chi connectivity index (χ0) is 22.9. The zero-order valence-electron chi connectivity index (χ0n) is 17.6. The number of hydrazine groups is 1. The predicted octanol–water partition coefficient (Wildman–Crippen LogP) is 1.23. The number of ether oxygens (including phenoxy) is 1. The van der Waals surface area contributed by atoms with Crippen molar-refractivity contribution < 1.29 is 28.7 Å². The summed E-state index contributed by atoms with van der Waals surface area (Å²) in [6, 6.07) is 0. The lowest BCUT2D eigenvalue weighted by atomic mass is 10.1. The molecule has 1 fully saturated rings. The van der Waals surface area contributed by atoms with Crippen molar-refractivity contribution in [2.75, 3.05) is 25.4 Å². The van der Waals surface area contributed by atoms with Crippen LogP contribution in [-0.4, -0.2) is 60.2 Å². The number of Topliss-reactive ketones (excluding diaryl/α,β-unsaturated/α-hetero) is 2. The Labute approximate surface area is 190 Å². The fourth-order valence-electron chi connectivity index (χ4n) is 2.70. The molecule has 1 atom stereocenters. The normalized spacial score (nSPS) is 15.2. The molecule has 5 N–H and O–H groups in total. The monoisotopic (exact) mass is 476 g/mol. The molecule has 31 heavy (non-hydrogen) atoms. The Morgan fingerprint density at radius 1 is 0.871 bits per heavy atom. The van der Waals surface area contributed by atoms with Crippen LogP contribution in [0.25, 0.3) is 0 Å². The van der Waals surface area contributed by atoms with Crippen molar-refractivity contribution in [3.8, 4) is 0 Å². The van der Waals surface area contributed by atoms with E-state index in [-0.39, 0.29) is 56.4 Å². The van der Waals surface area contributed by atoms with Gasteiger partial charge in [0.2, 0.25) is 11.8 Å². The smallest absolute Gasteiger partial charge is 0.421 e. The third kappa shape index (κ3) is 14.8. The molecule has 1 aliphatic heterocycles. The van der Waals surface area contributed by atoms with Gasteiger partial charge in [-0.2, -0.15) is 0 Å². The van der Waals surface area contributed by atoms with Gasteiger partial charge >= 0.3 is 6.09 Å². The van der Waals surface area contributed by atoms with Gasteiger partial charge in [-0.1, -0.05) is 28.0 Å². The second-order valence-corrected chi connectivity index (χ2v) is 9.88. The number of rotatable bonds is 16. The number of carbonyl (C=O) groups is 5. The summed E-state index contributed by atoms with van der Waals surface area (Å²) in [4.78, 5) is 57.7. The Morgan fingerprint density at radius 3 is 2.19 bits per heavy atom. The van der Waals surface area contributed by atoms with Crippen LogP contribution in [0.2, 0.25) is 0 Å². The number of nitrogens with two attached hydrogens (primary N) is 1. The van der Waals surface area contributed by atoms with Crippen molar-refractivity contribution in [1.82, 2.24) is 16.1 Å². The van der Waals surface area contributed by atoms with Crippen LogP contribution in [0.5, 0.6) is 0 Å². The van der Waals surface area contributed by atoms with E-state index in [9.17, 15) is 24.0 Å². The first kappa shape index (κ1) is 27.2. The highest BCUT2D eigenvalue weighted by molar-refractivity contribution is 8.77. The van der Waals surface area contributed by atoms with E-state index >= 15 is 0 Å². The van der Waals surface area contributed by atoms with Gasteiger partial charge in [0.25, 0.3) is 0 Å². The SMILES string of the molecule is NNC(=O)OCCCC(=O)CNC(=O)CCC(=O)CNC(=O)CCCCC1CCSS1. The van der Waals surface area contributed by atoms with Crippen LogP contribution in [-0.2, 0) is 23.9 Å². The summed E-state index contributed by atoms with van der Waals surface area (Å²) in [6.07, 6.45) is 4.22. The number of hydrogen-bond donors (Lipinski definition) is 4. The van der Waals surface area contributed by atoms with E-state index in [1.807, 2.05) is 21.6 Å². The number of nitrogens with one attached hydrogen (secondary N) is 3. The van der Waals surface area contributed by atoms with E-state index in [0.29, 0.717) is 18.1 Å². The molecule has 1 heterocycles. The van der Waals surface area contributed by atoms with Crippen LogP contribution in [0, 0.1) is 0 Å². The fourth-order valence-corrected chi connectivity index (χ4v) is 5.73. The quantitative estimate of drug-likeness (QED) is 0.0845. The van der Waals surface area contributed by atoms with Crippen molar-refractivity contribution in [2.24, 2.45) is 5.84 Å². The summed E-state index contributed by atoms with van der Waals surface area (Å²) in [5, 5.41) is 5.75. The average molecular weight is 477 g/mol. The first-order valence-corrected chi connectivity index (χ1v) is 12.8. The van der Waals surface area contributed by atoms with Crippen LogP contribution in [0.15, 0.2) is 0 Å². The molecule has 12 heteroatoms. The van der Waals surface area contributed by atoms with Crippen molar-refractivity contribution in [1.29, 1.82) is 0 Å². The Kier molecular flexibility index (Phi) is 14.8. The van der Waals surface area contributed by atoms with Gasteiger partial charge < -0.3 is 15.4 Å². The van der Waals surface area contributed by atoms with E-state index < -0.39 is 12.0 Å². The Balaban J connectivity index is 1.98. The molecular formula is C19H32N4O6S2. The topological polar surface area (TPSA) is 157 Å². The number of hydrogen-bond acceptors (Lipinski definition) is 9. The standard InChI is InChI=1S/C19H32N4O6S2/c20-23-19(28)29-10-3-4-14(24)12-22-18(27)8-7-15(25)13-21-17(26)6-2-1-5-16-9-11-30-31-16/h16H,1-13,20H2,(H,21,26)(H,22,27)(H,23,28). The van der Waals surface area contributed by atoms with Crippen LogP contribution in [0.3, 0.4) is 0 Å². The minimum absolute atomic E-state index is 0.00108. The zero-order valence-corrected chi connectivity index (χ0v) is 19.2. The highest BCUT2D eigenvalue weighted by Crippen LogP contribution is 2.39. The fraction of sp³-hybridized carbons (Fsp3) is 0.737. The van der Waals surface area contributed by atoms with E-state index in [0.717, 1.165) is 19.3 Å². The van der Waals surface area contributed by atoms with Crippen LogP contribution >= 0.6 is 21.6 Å². The maximum Gasteiger partial charge on any atom is 0.421 e. The molecule has 1 saturated heterocycles. The molecule has 0 aromatic rings. The number of ketones is 2. The first-order valence-electron chi connectivity index (χ1n) is 10.4. The maximum atomic E-state index is 11.8. The first-order chi connectivity index (χ1) is 14.9. The van der Waals surface area contributed by atoms with E-state index in [2.05, 4.69) is 15.4 Å². The molecular weight excluding hydrogens is 444 g/mol. The van der Waals surface area contributed by atoms with Gasteiger partial charge in [-0.15, -0.1) is 0 Å². The van der Waals surface area contributed by atoms with Crippen LogP contribution < -0.4 is 21.9 Å². The third-order valence-corrected chi connectivity index (χ3v) is 7.46. The largest absolute Gasteiger partial charge is 0.449 e. The van der Waals surface area contributed by atoms with Gasteiger partial charge in [0.1, 0.15) is 0 Å². The minimum Gasteiger partial charge on any atom is -0.449 e. The summed E-state index contributed by atoms with van der Waals surface area (Å²) in [7, 11) is 3.84. The summed E-state index contributed by atoms with van der Waals surface area (Å²) < 4.78 is 4.64. The lowest BCUT2D eigenvalue weighted by Crippen LogP contribution is -2.32. The van der Waals surface area contributed by atoms with Gasteiger partial charge in [-0.25, -0.2) is 10.6 Å². The molecule has 0 aromatic heterocycles. The van der Waals surface area contributed by atoms with Gasteiger partial charge in [0, 0.05) is 36.7 Å². The number of amides is 3. The van der Waals surface area contributed by atoms with Crippen LogP contribution in [0.1, 0.15) is 57.8 Å². The predicted molar refractivity (Wildman–Crippen MR) is 120 cm³/mol. The second-order valence-electron chi connectivity index (χ2n) is 7.09. The Bertz CT molecular complexity index is 614. The van der Waals surface area contributed by atoms with Crippen molar-refractivity contribution in [2.45, 2.75) is 63.0 Å². The summed E-state index contributed by atoms with van der Waals surface area (Å²) in [6.45, 7) is -0.191. The van der Waals surface area contributed by atoms with Crippen LogP contribution in [0.4, 0.5) is 4.79 Å². The van der Waals surface area contributed by atoms with Gasteiger partial charge in [-0.3, -0.25) is 24.6 Å². The van der Waals surface area contributed by atoms with Gasteiger partial charge in [0.05, 0.1) is 19.7 Å². The lowest BCUT2D eigenvalue weighted by molar-refractivity contribution is -0.128. The summed E-state index contributed by atoms with van der Waals surface area (Å²) in [5.41, 5.74) is 1.80. The highest BCUT2D eigenvalue weighted by atomic mass is 33.1. The molecule has 0 spiro atoms. The molecule has 0 bridgehead atoms. The molecule has 1 unspecified atom stereocenters. The van der Waals surface area contributed by atoms with Gasteiger partial charge in [-0.05, 0) is 25.7 Å². The van der Waals surface area contributed by atoms with Crippen molar-refractivity contribution in [3.05, 3.63) is 0 Å². The molecule has 1 rings (SSSR count). The van der Waals surface area contributed by atoms with Crippen molar-refractivity contribution in [3.63, 3.8) is 0 Å². The maximum absolute atomic E-state index is 11.8. The van der Waals surface area contributed by atoms with E-state index in [4.69, 9.17) is 5.84 Å². The highest BCUT2D eigenvalue weighted by Gasteiger charge is 2.16. The molecule has 1 aliphatic rings. The number of carbonyl (C=O) groups excluding carboxylic acids is 5. The second kappa shape index (κ2) is 16.8. The van der Waals surface area contributed by atoms with Gasteiger partial charge in [0.15, 0.2) is 11.6 Å².